The Morgan fingerprint density at radius 1 is 1.27 bits per heavy atom. The van der Waals surface area contributed by atoms with Crippen LogP contribution in [-0.2, 0) is 6.42 Å². The number of hydrogen-bond acceptors (Lipinski definition) is 2. The average molecular weight is 203 g/mol. The van der Waals surface area contributed by atoms with E-state index in [1.165, 1.54) is 18.4 Å². The quantitative estimate of drug-likeness (QED) is 0.814. The van der Waals surface area contributed by atoms with Crippen molar-refractivity contribution in [2.24, 2.45) is 5.73 Å². The van der Waals surface area contributed by atoms with E-state index in [0.717, 1.165) is 25.0 Å². The minimum atomic E-state index is 0.0724. The zero-order chi connectivity index (χ0) is 10.3. The maximum absolute atomic E-state index is 6.14. The minimum Gasteiger partial charge on any atom is -0.490 e. The topological polar surface area (TPSA) is 35.2 Å². The zero-order valence-electron chi connectivity index (χ0n) is 8.91. The van der Waals surface area contributed by atoms with Crippen molar-refractivity contribution in [2.75, 3.05) is 0 Å². The summed E-state index contributed by atoms with van der Waals surface area (Å²) in [5, 5.41) is 0. The summed E-state index contributed by atoms with van der Waals surface area (Å²) in [7, 11) is 0. The van der Waals surface area contributed by atoms with Crippen molar-refractivity contribution in [2.45, 2.75) is 43.7 Å². The van der Waals surface area contributed by atoms with Crippen LogP contribution in [0.4, 0.5) is 0 Å². The van der Waals surface area contributed by atoms with Crippen molar-refractivity contribution < 1.29 is 4.74 Å². The normalized spacial score (nSPS) is 22.5. The molecule has 2 saturated carbocycles. The third-order valence-corrected chi connectivity index (χ3v) is 3.23. The monoisotopic (exact) mass is 203 g/mol. The van der Waals surface area contributed by atoms with Crippen LogP contribution in [0, 0.1) is 0 Å². The SMILES string of the molecule is NC1(Cc2ccccc2OC2CC2)CC1. The molecule has 0 radical (unpaired) electrons. The molecule has 0 unspecified atom stereocenters. The number of rotatable bonds is 4. The Labute approximate surface area is 90.4 Å². The van der Waals surface area contributed by atoms with E-state index >= 15 is 0 Å². The maximum atomic E-state index is 6.14. The van der Waals surface area contributed by atoms with Gasteiger partial charge in [-0.25, -0.2) is 0 Å². The van der Waals surface area contributed by atoms with Crippen molar-refractivity contribution in [1.29, 1.82) is 0 Å². The van der Waals surface area contributed by atoms with E-state index in [1.807, 2.05) is 6.07 Å². The molecule has 0 bridgehead atoms. The molecule has 0 heterocycles. The van der Waals surface area contributed by atoms with Gasteiger partial charge in [0, 0.05) is 5.54 Å². The Kier molecular flexibility index (Phi) is 1.99. The van der Waals surface area contributed by atoms with E-state index in [-0.39, 0.29) is 5.54 Å². The summed E-state index contributed by atoms with van der Waals surface area (Å²) in [6, 6.07) is 8.32. The molecule has 2 heteroatoms. The Hall–Kier alpha value is -1.02. The van der Waals surface area contributed by atoms with E-state index in [2.05, 4.69) is 18.2 Å². The fourth-order valence-electron chi connectivity index (χ4n) is 1.85. The summed E-state index contributed by atoms with van der Waals surface area (Å²) in [4.78, 5) is 0. The van der Waals surface area contributed by atoms with Gasteiger partial charge in [-0.1, -0.05) is 18.2 Å². The standard InChI is InChI=1S/C13H17NO/c14-13(7-8-13)9-10-3-1-2-4-12(10)15-11-5-6-11/h1-4,11H,5-9,14H2. The number of ether oxygens (including phenoxy) is 1. The van der Waals surface area contributed by atoms with Crippen LogP contribution in [0.2, 0.25) is 0 Å². The lowest BCUT2D eigenvalue weighted by atomic mass is 10.0. The summed E-state index contributed by atoms with van der Waals surface area (Å²) >= 11 is 0. The van der Waals surface area contributed by atoms with Gasteiger partial charge in [-0.3, -0.25) is 0 Å². The molecule has 0 atom stereocenters. The molecule has 0 saturated heterocycles. The molecule has 1 aromatic rings. The molecule has 2 N–H and O–H groups in total. The van der Waals surface area contributed by atoms with Crippen LogP contribution in [0.5, 0.6) is 5.75 Å². The van der Waals surface area contributed by atoms with Crippen LogP contribution < -0.4 is 10.5 Å². The lowest BCUT2D eigenvalue weighted by Crippen LogP contribution is -2.24. The molecule has 0 aliphatic heterocycles. The van der Waals surface area contributed by atoms with Gasteiger partial charge < -0.3 is 10.5 Å². The first-order valence-corrected chi connectivity index (χ1v) is 5.79. The van der Waals surface area contributed by atoms with Crippen LogP contribution in [0.15, 0.2) is 24.3 Å². The van der Waals surface area contributed by atoms with Gasteiger partial charge >= 0.3 is 0 Å². The first-order chi connectivity index (χ1) is 7.25. The van der Waals surface area contributed by atoms with Gasteiger partial charge in [-0.2, -0.15) is 0 Å². The Balaban J connectivity index is 1.78. The molecular formula is C13H17NO. The van der Waals surface area contributed by atoms with Crippen LogP contribution in [0.25, 0.3) is 0 Å². The zero-order valence-corrected chi connectivity index (χ0v) is 8.91. The molecule has 2 fully saturated rings. The Morgan fingerprint density at radius 2 is 2.00 bits per heavy atom. The van der Waals surface area contributed by atoms with Gasteiger partial charge in [-0.05, 0) is 43.7 Å². The van der Waals surface area contributed by atoms with Gasteiger partial charge in [0.25, 0.3) is 0 Å². The fourth-order valence-corrected chi connectivity index (χ4v) is 1.85. The molecule has 0 spiro atoms. The predicted molar refractivity (Wildman–Crippen MR) is 59.9 cm³/mol. The van der Waals surface area contributed by atoms with E-state index in [0.29, 0.717) is 6.10 Å². The number of benzene rings is 1. The van der Waals surface area contributed by atoms with Gasteiger partial charge in [0.05, 0.1) is 6.10 Å². The molecule has 15 heavy (non-hydrogen) atoms. The van der Waals surface area contributed by atoms with Gasteiger partial charge in [0.15, 0.2) is 0 Å². The Bertz CT molecular complexity index is 367. The third kappa shape index (κ3) is 2.15. The summed E-state index contributed by atoms with van der Waals surface area (Å²) < 4.78 is 5.87. The van der Waals surface area contributed by atoms with Crippen molar-refractivity contribution in [3.8, 4) is 5.75 Å². The lowest BCUT2D eigenvalue weighted by Gasteiger charge is -2.13. The van der Waals surface area contributed by atoms with Crippen molar-refractivity contribution in [3.63, 3.8) is 0 Å². The van der Waals surface area contributed by atoms with Crippen molar-refractivity contribution >= 4 is 0 Å². The second-order valence-corrected chi connectivity index (χ2v) is 4.96. The van der Waals surface area contributed by atoms with Gasteiger partial charge in [-0.15, -0.1) is 0 Å². The molecule has 2 aliphatic carbocycles. The minimum absolute atomic E-state index is 0.0724. The van der Waals surface area contributed by atoms with E-state index in [1.54, 1.807) is 0 Å². The summed E-state index contributed by atoms with van der Waals surface area (Å²) in [6.07, 6.45) is 6.18. The highest BCUT2D eigenvalue weighted by atomic mass is 16.5. The molecule has 0 aromatic heterocycles. The molecule has 2 nitrogen and oxygen atoms in total. The highest BCUT2D eigenvalue weighted by Crippen LogP contribution is 2.38. The predicted octanol–water partition coefficient (Wildman–Crippen LogP) is 2.26. The first kappa shape index (κ1) is 9.22. The third-order valence-electron chi connectivity index (χ3n) is 3.23. The maximum Gasteiger partial charge on any atom is 0.122 e. The van der Waals surface area contributed by atoms with Gasteiger partial charge in [0.2, 0.25) is 0 Å². The molecule has 3 rings (SSSR count). The van der Waals surface area contributed by atoms with Crippen molar-refractivity contribution in [1.82, 2.24) is 0 Å². The number of nitrogens with two attached hydrogens (primary N) is 1. The summed E-state index contributed by atoms with van der Waals surface area (Å²) in [6.45, 7) is 0. The van der Waals surface area contributed by atoms with Crippen LogP contribution in [-0.4, -0.2) is 11.6 Å². The average Bonchev–Trinajstić information content (AvgIpc) is 3.10. The largest absolute Gasteiger partial charge is 0.490 e. The van der Waals surface area contributed by atoms with Gasteiger partial charge in [0.1, 0.15) is 5.75 Å². The van der Waals surface area contributed by atoms with Crippen molar-refractivity contribution in [3.05, 3.63) is 29.8 Å². The lowest BCUT2D eigenvalue weighted by molar-refractivity contribution is 0.299. The summed E-state index contributed by atoms with van der Waals surface area (Å²) in [5.74, 6) is 1.05. The summed E-state index contributed by atoms with van der Waals surface area (Å²) in [5.41, 5.74) is 7.49. The highest BCUT2D eigenvalue weighted by Gasteiger charge is 2.38. The number of hydrogen-bond donors (Lipinski definition) is 1. The van der Waals surface area contributed by atoms with Crippen LogP contribution >= 0.6 is 0 Å². The van der Waals surface area contributed by atoms with E-state index < -0.39 is 0 Å². The molecular weight excluding hydrogens is 186 g/mol. The smallest absolute Gasteiger partial charge is 0.122 e. The molecule has 80 valence electrons. The number of para-hydroxylation sites is 1. The van der Waals surface area contributed by atoms with Crippen LogP contribution in [0.3, 0.4) is 0 Å². The fraction of sp³-hybridized carbons (Fsp3) is 0.538. The highest BCUT2D eigenvalue weighted by molar-refractivity contribution is 5.36. The Morgan fingerprint density at radius 3 is 2.67 bits per heavy atom. The van der Waals surface area contributed by atoms with Crippen LogP contribution in [0.1, 0.15) is 31.2 Å². The van der Waals surface area contributed by atoms with E-state index in [4.69, 9.17) is 10.5 Å². The first-order valence-electron chi connectivity index (χ1n) is 5.79. The molecule has 0 amide bonds. The second-order valence-electron chi connectivity index (χ2n) is 4.96. The van der Waals surface area contributed by atoms with E-state index in [9.17, 15) is 0 Å². The molecule has 2 aliphatic rings. The molecule has 1 aromatic carbocycles. The second kappa shape index (κ2) is 3.24.